The molecule has 0 unspecified atom stereocenters. The lowest BCUT2D eigenvalue weighted by atomic mass is 10.1. The molecule has 1 N–H and O–H groups in total. The summed E-state index contributed by atoms with van der Waals surface area (Å²) in [5.41, 5.74) is 1.91. The largest absolute Gasteiger partial charge is 0.423 e. The fourth-order valence-corrected chi connectivity index (χ4v) is 4.14. The fourth-order valence-electron chi connectivity index (χ4n) is 2.21. The molecule has 0 aliphatic rings. The van der Waals surface area contributed by atoms with Crippen LogP contribution in [0.15, 0.2) is 31.8 Å². The molecule has 2 heterocycles. The monoisotopic (exact) mass is 397 g/mol. The molecule has 0 radical (unpaired) electrons. The number of thioether (sulfide) groups is 1. The van der Waals surface area contributed by atoms with Gasteiger partial charge >= 0.3 is 5.63 Å². The first kappa shape index (κ1) is 18.2. The number of nitrogens with zero attached hydrogens (tertiary/aromatic N) is 2. The zero-order valence-corrected chi connectivity index (χ0v) is 16.1. The van der Waals surface area contributed by atoms with E-state index in [4.69, 9.17) is 20.8 Å². The first-order valence-electron chi connectivity index (χ1n) is 7.49. The number of benzene rings is 1. The number of rotatable bonds is 7. The van der Waals surface area contributed by atoms with Crippen LogP contribution < -0.4 is 10.9 Å². The standard InChI is InChI=1S/C16H16ClN3O3S2/c1-9-5-13-11(7-12(9)17)10(6-14(21)23-13)8-24-16-20-19-15(25-16)18-3-4-22-2/h5-7H,3-4,8H2,1-2H3,(H,18,19). The Bertz CT molecular complexity index is 942. The summed E-state index contributed by atoms with van der Waals surface area (Å²) in [5.74, 6) is 0.578. The summed E-state index contributed by atoms with van der Waals surface area (Å²) in [4.78, 5) is 11.8. The van der Waals surface area contributed by atoms with Gasteiger partial charge in [-0.3, -0.25) is 0 Å². The third-order valence-electron chi connectivity index (χ3n) is 3.45. The number of fused-ring (bicyclic) bond motifs is 1. The van der Waals surface area contributed by atoms with Crippen molar-refractivity contribution in [2.75, 3.05) is 25.6 Å². The Kier molecular flexibility index (Phi) is 5.95. The van der Waals surface area contributed by atoms with Gasteiger partial charge in [0.15, 0.2) is 4.34 Å². The van der Waals surface area contributed by atoms with Gasteiger partial charge in [0.05, 0.1) is 6.61 Å². The van der Waals surface area contributed by atoms with Crippen molar-refractivity contribution in [1.29, 1.82) is 0 Å². The number of hydrogen-bond acceptors (Lipinski definition) is 8. The molecule has 132 valence electrons. The van der Waals surface area contributed by atoms with Crippen molar-refractivity contribution in [3.63, 3.8) is 0 Å². The van der Waals surface area contributed by atoms with E-state index in [2.05, 4.69) is 15.5 Å². The molecule has 0 aliphatic carbocycles. The van der Waals surface area contributed by atoms with Gasteiger partial charge in [-0.05, 0) is 30.2 Å². The third kappa shape index (κ3) is 4.52. The summed E-state index contributed by atoms with van der Waals surface area (Å²) < 4.78 is 11.1. The van der Waals surface area contributed by atoms with Crippen molar-refractivity contribution in [2.45, 2.75) is 17.0 Å². The first-order valence-corrected chi connectivity index (χ1v) is 9.67. The van der Waals surface area contributed by atoms with Crippen molar-refractivity contribution < 1.29 is 9.15 Å². The highest BCUT2D eigenvalue weighted by Crippen LogP contribution is 2.31. The second-order valence-corrected chi connectivity index (χ2v) is 7.88. The van der Waals surface area contributed by atoms with Crippen LogP contribution in [0.5, 0.6) is 0 Å². The van der Waals surface area contributed by atoms with E-state index in [1.165, 1.54) is 29.2 Å². The predicted molar refractivity (Wildman–Crippen MR) is 102 cm³/mol. The highest BCUT2D eigenvalue weighted by atomic mass is 35.5. The van der Waals surface area contributed by atoms with Crippen molar-refractivity contribution in [3.8, 4) is 0 Å². The van der Waals surface area contributed by atoms with Crippen LogP contribution in [-0.2, 0) is 10.5 Å². The normalized spacial score (nSPS) is 11.2. The lowest BCUT2D eigenvalue weighted by Gasteiger charge is -2.06. The molecule has 3 rings (SSSR count). The summed E-state index contributed by atoms with van der Waals surface area (Å²) in [6, 6.07) is 5.12. The second-order valence-electron chi connectivity index (χ2n) is 5.27. The molecule has 1 aromatic carbocycles. The SMILES string of the molecule is COCCNc1nnc(SCc2cc(=O)oc3cc(C)c(Cl)cc23)s1. The molecular formula is C16H16ClN3O3S2. The zero-order chi connectivity index (χ0) is 17.8. The molecule has 9 heteroatoms. The van der Waals surface area contributed by atoms with Crippen molar-refractivity contribution in [2.24, 2.45) is 0 Å². The molecule has 2 aromatic heterocycles. The maximum atomic E-state index is 11.8. The van der Waals surface area contributed by atoms with Crippen LogP contribution in [-0.4, -0.2) is 30.5 Å². The highest BCUT2D eigenvalue weighted by molar-refractivity contribution is 8.00. The van der Waals surface area contributed by atoms with Gasteiger partial charge in [-0.15, -0.1) is 10.2 Å². The molecule has 0 amide bonds. The van der Waals surface area contributed by atoms with Crippen LogP contribution >= 0.6 is 34.7 Å². The van der Waals surface area contributed by atoms with Gasteiger partial charge < -0.3 is 14.5 Å². The van der Waals surface area contributed by atoms with Gasteiger partial charge in [0.1, 0.15) is 5.58 Å². The molecule has 0 bridgehead atoms. The molecule has 6 nitrogen and oxygen atoms in total. The Morgan fingerprint density at radius 3 is 3.00 bits per heavy atom. The molecule has 3 aromatic rings. The number of nitrogens with one attached hydrogen (secondary N) is 1. The van der Waals surface area contributed by atoms with Crippen LogP contribution in [0.25, 0.3) is 11.0 Å². The lowest BCUT2D eigenvalue weighted by Crippen LogP contribution is -2.06. The van der Waals surface area contributed by atoms with Gasteiger partial charge in [-0.25, -0.2) is 4.79 Å². The number of methoxy groups -OCH3 is 1. The average Bonchev–Trinajstić information content (AvgIpc) is 3.02. The molecule has 25 heavy (non-hydrogen) atoms. The Morgan fingerprint density at radius 2 is 2.20 bits per heavy atom. The molecular weight excluding hydrogens is 382 g/mol. The molecule has 0 fully saturated rings. The van der Waals surface area contributed by atoms with Crippen molar-refractivity contribution in [1.82, 2.24) is 10.2 Å². The summed E-state index contributed by atoms with van der Waals surface area (Å²) in [6.07, 6.45) is 0. The lowest BCUT2D eigenvalue weighted by molar-refractivity contribution is 0.211. The van der Waals surface area contributed by atoms with E-state index in [-0.39, 0.29) is 5.63 Å². The van der Waals surface area contributed by atoms with Crippen molar-refractivity contribution in [3.05, 3.63) is 44.8 Å². The number of halogens is 1. The number of hydrogen-bond donors (Lipinski definition) is 1. The van der Waals surface area contributed by atoms with Gasteiger partial charge in [0.25, 0.3) is 0 Å². The van der Waals surface area contributed by atoms with Crippen LogP contribution in [0.4, 0.5) is 5.13 Å². The number of anilines is 1. The van der Waals surface area contributed by atoms with E-state index in [1.807, 2.05) is 13.0 Å². The Labute approximate surface area is 157 Å². The van der Waals surface area contributed by atoms with Gasteiger partial charge in [0.2, 0.25) is 5.13 Å². The predicted octanol–water partition coefficient (Wildman–Crippen LogP) is 3.96. The molecule has 0 saturated carbocycles. The van der Waals surface area contributed by atoms with Gasteiger partial charge in [-0.1, -0.05) is 34.7 Å². The fraction of sp³-hybridized carbons (Fsp3) is 0.312. The minimum absolute atomic E-state index is 0.371. The minimum Gasteiger partial charge on any atom is -0.423 e. The van der Waals surface area contributed by atoms with E-state index in [0.29, 0.717) is 29.5 Å². The third-order valence-corrected chi connectivity index (χ3v) is 5.92. The summed E-state index contributed by atoms with van der Waals surface area (Å²) >= 11 is 9.20. The Morgan fingerprint density at radius 1 is 1.36 bits per heavy atom. The van der Waals surface area contributed by atoms with E-state index < -0.39 is 0 Å². The van der Waals surface area contributed by atoms with E-state index in [0.717, 1.165) is 26.0 Å². The zero-order valence-electron chi connectivity index (χ0n) is 13.7. The number of aryl methyl sites for hydroxylation is 1. The first-order chi connectivity index (χ1) is 12.1. The van der Waals surface area contributed by atoms with Gasteiger partial charge in [0, 0.05) is 35.9 Å². The van der Waals surface area contributed by atoms with Crippen LogP contribution in [0.3, 0.4) is 0 Å². The average molecular weight is 398 g/mol. The quantitative estimate of drug-likeness (QED) is 0.367. The maximum absolute atomic E-state index is 11.8. The minimum atomic E-state index is -0.371. The van der Waals surface area contributed by atoms with Crippen LogP contribution in [0.1, 0.15) is 11.1 Å². The van der Waals surface area contributed by atoms with Crippen LogP contribution in [0, 0.1) is 6.92 Å². The second kappa shape index (κ2) is 8.18. The summed E-state index contributed by atoms with van der Waals surface area (Å²) in [6.45, 7) is 3.16. The number of ether oxygens (including phenoxy) is 1. The topological polar surface area (TPSA) is 77.2 Å². The Balaban J connectivity index is 1.77. The molecule has 0 spiro atoms. The highest BCUT2D eigenvalue weighted by Gasteiger charge is 2.11. The number of aromatic nitrogens is 2. The van der Waals surface area contributed by atoms with E-state index in [1.54, 1.807) is 13.2 Å². The maximum Gasteiger partial charge on any atom is 0.336 e. The molecule has 0 aliphatic heterocycles. The Hall–Kier alpha value is -1.61. The summed E-state index contributed by atoms with van der Waals surface area (Å²) in [5, 5.41) is 13.6. The van der Waals surface area contributed by atoms with E-state index >= 15 is 0 Å². The molecule has 0 atom stereocenters. The smallest absolute Gasteiger partial charge is 0.336 e. The summed E-state index contributed by atoms with van der Waals surface area (Å²) in [7, 11) is 1.65. The molecule has 0 saturated heterocycles. The van der Waals surface area contributed by atoms with Gasteiger partial charge in [-0.2, -0.15) is 0 Å². The van der Waals surface area contributed by atoms with Crippen LogP contribution in [0.2, 0.25) is 5.02 Å². The van der Waals surface area contributed by atoms with E-state index in [9.17, 15) is 4.79 Å². The van der Waals surface area contributed by atoms with Crippen molar-refractivity contribution >= 4 is 50.8 Å².